The van der Waals surface area contributed by atoms with Crippen molar-refractivity contribution in [3.05, 3.63) is 58.9 Å². The second-order valence-corrected chi connectivity index (χ2v) is 9.90. The van der Waals surface area contributed by atoms with Gasteiger partial charge in [-0.1, -0.05) is 0 Å². The second-order valence-electron chi connectivity index (χ2n) is 9.90. The standard InChI is InChI=1S/C26H28F3N5O2/c1-17-6-9-31-15-20(17)23(35)33-10-7-25(8-11-33)13-22(24(36)32(2)3)34(16-25)19-5-4-18(14-30)21(12-19)26(27,28)29/h4-6,9,12,15,22H,7-8,10-11,13,16H2,1-3H3. The van der Waals surface area contributed by atoms with Crippen molar-refractivity contribution in [2.24, 2.45) is 5.41 Å². The van der Waals surface area contributed by atoms with Gasteiger partial charge in [-0.2, -0.15) is 18.4 Å². The van der Waals surface area contributed by atoms with Crippen molar-refractivity contribution in [1.29, 1.82) is 5.26 Å². The third kappa shape index (κ3) is 4.74. The van der Waals surface area contributed by atoms with Crippen LogP contribution in [0.2, 0.25) is 0 Å². The summed E-state index contributed by atoms with van der Waals surface area (Å²) in [4.78, 5) is 35.2. The number of nitriles is 1. The van der Waals surface area contributed by atoms with Crippen LogP contribution in [0, 0.1) is 23.7 Å². The number of hydrogen-bond acceptors (Lipinski definition) is 5. The molecule has 0 bridgehead atoms. The molecule has 36 heavy (non-hydrogen) atoms. The molecular weight excluding hydrogens is 471 g/mol. The normalized spacial score (nSPS) is 19.3. The number of carbonyl (C=O) groups is 2. The van der Waals surface area contributed by atoms with E-state index in [1.165, 1.54) is 11.0 Å². The minimum absolute atomic E-state index is 0.0897. The number of benzene rings is 1. The lowest BCUT2D eigenvalue weighted by molar-refractivity contribution is -0.137. The number of carbonyl (C=O) groups excluding carboxylic acids is 2. The number of rotatable bonds is 3. The average molecular weight is 500 g/mol. The molecule has 0 N–H and O–H groups in total. The largest absolute Gasteiger partial charge is 0.417 e. The van der Waals surface area contributed by atoms with Crippen LogP contribution in [-0.4, -0.2) is 66.4 Å². The third-order valence-electron chi connectivity index (χ3n) is 7.38. The van der Waals surface area contributed by atoms with E-state index in [0.29, 0.717) is 44.5 Å². The molecule has 2 aromatic rings. The Kier molecular flexibility index (Phi) is 6.69. The number of aryl methyl sites for hydroxylation is 1. The zero-order chi connectivity index (χ0) is 26.3. The average Bonchev–Trinajstić information content (AvgIpc) is 3.21. The first-order valence-corrected chi connectivity index (χ1v) is 11.7. The lowest BCUT2D eigenvalue weighted by atomic mass is 9.76. The molecule has 1 aromatic carbocycles. The summed E-state index contributed by atoms with van der Waals surface area (Å²) < 4.78 is 40.9. The first kappa shape index (κ1) is 25.5. The van der Waals surface area contributed by atoms with Gasteiger partial charge in [-0.05, 0) is 61.4 Å². The van der Waals surface area contributed by atoms with Crippen molar-refractivity contribution >= 4 is 17.5 Å². The number of anilines is 1. The van der Waals surface area contributed by atoms with Gasteiger partial charge in [0.05, 0.1) is 22.8 Å². The summed E-state index contributed by atoms with van der Waals surface area (Å²) in [5, 5.41) is 9.16. The fourth-order valence-corrected chi connectivity index (χ4v) is 5.29. The van der Waals surface area contributed by atoms with Gasteiger partial charge in [0.15, 0.2) is 0 Å². The number of aromatic nitrogens is 1. The van der Waals surface area contributed by atoms with Crippen molar-refractivity contribution in [2.45, 2.75) is 38.4 Å². The van der Waals surface area contributed by atoms with Gasteiger partial charge in [0.2, 0.25) is 5.91 Å². The van der Waals surface area contributed by atoms with Crippen LogP contribution in [0.25, 0.3) is 0 Å². The number of alkyl halides is 3. The van der Waals surface area contributed by atoms with Crippen molar-refractivity contribution in [2.75, 3.05) is 38.6 Å². The van der Waals surface area contributed by atoms with E-state index in [9.17, 15) is 22.8 Å². The van der Waals surface area contributed by atoms with Crippen LogP contribution in [-0.2, 0) is 11.0 Å². The zero-order valence-electron chi connectivity index (χ0n) is 20.5. The van der Waals surface area contributed by atoms with E-state index in [2.05, 4.69) is 4.98 Å². The molecule has 2 saturated heterocycles. The Bertz CT molecular complexity index is 1210. The van der Waals surface area contributed by atoms with Gasteiger partial charge in [-0.15, -0.1) is 0 Å². The molecule has 2 aliphatic heterocycles. The molecule has 1 unspecified atom stereocenters. The molecule has 1 spiro atoms. The molecule has 2 aliphatic rings. The van der Waals surface area contributed by atoms with E-state index in [4.69, 9.17) is 5.26 Å². The molecule has 2 fully saturated rings. The van der Waals surface area contributed by atoms with E-state index in [-0.39, 0.29) is 22.9 Å². The first-order valence-electron chi connectivity index (χ1n) is 11.7. The van der Waals surface area contributed by atoms with E-state index in [1.54, 1.807) is 48.4 Å². The van der Waals surface area contributed by atoms with E-state index in [0.717, 1.165) is 17.7 Å². The SMILES string of the molecule is Cc1ccncc1C(=O)N1CCC2(CC1)CC(C(=O)N(C)C)N(c1ccc(C#N)c(C(F)(F)F)c1)C2. The number of amides is 2. The number of piperidine rings is 1. The monoisotopic (exact) mass is 499 g/mol. The van der Waals surface area contributed by atoms with Gasteiger partial charge in [-0.3, -0.25) is 14.6 Å². The number of nitrogens with zero attached hydrogens (tertiary/aromatic N) is 5. The molecule has 7 nitrogen and oxygen atoms in total. The lowest BCUT2D eigenvalue weighted by Crippen LogP contribution is -2.44. The van der Waals surface area contributed by atoms with Crippen molar-refractivity contribution in [3.8, 4) is 6.07 Å². The Morgan fingerprint density at radius 2 is 1.89 bits per heavy atom. The number of halogens is 3. The summed E-state index contributed by atoms with van der Waals surface area (Å²) >= 11 is 0. The summed E-state index contributed by atoms with van der Waals surface area (Å²) in [6, 6.07) is 6.38. The maximum atomic E-state index is 13.6. The Morgan fingerprint density at radius 3 is 2.47 bits per heavy atom. The minimum atomic E-state index is -4.68. The lowest BCUT2D eigenvalue weighted by Gasteiger charge is -2.39. The molecule has 190 valence electrons. The fraction of sp³-hybridized carbons (Fsp3) is 0.462. The minimum Gasteiger partial charge on any atom is -0.359 e. The van der Waals surface area contributed by atoms with Crippen molar-refractivity contribution < 1.29 is 22.8 Å². The smallest absolute Gasteiger partial charge is 0.359 e. The van der Waals surface area contributed by atoms with Crippen molar-refractivity contribution in [3.63, 3.8) is 0 Å². The fourth-order valence-electron chi connectivity index (χ4n) is 5.29. The zero-order valence-corrected chi connectivity index (χ0v) is 20.5. The van der Waals surface area contributed by atoms with E-state index < -0.39 is 23.3 Å². The van der Waals surface area contributed by atoms with Gasteiger partial charge in [0, 0.05) is 51.8 Å². The van der Waals surface area contributed by atoms with Crippen LogP contribution in [0.4, 0.5) is 18.9 Å². The number of hydrogen-bond donors (Lipinski definition) is 0. The molecule has 1 aromatic heterocycles. The van der Waals surface area contributed by atoms with Crippen LogP contribution in [0.1, 0.15) is 46.3 Å². The maximum Gasteiger partial charge on any atom is 0.417 e. The topological polar surface area (TPSA) is 80.5 Å². The quantitative estimate of drug-likeness (QED) is 0.641. The third-order valence-corrected chi connectivity index (χ3v) is 7.38. The van der Waals surface area contributed by atoms with Crippen LogP contribution in [0.15, 0.2) is 36.7 Å². The second kappa shape index (κ2) is 9.45. The van der Waals surface area contributed by atoms with Crippen LogP contribution in [0.5, 0.6) is 0 Å². The predicted octanol–water partition coefficient (Wildman–Crippen LogP) is 3.87. The summed E-state index contributed by atoms with van der Waals surface area (Å²) in [7, 11) is 3.26. The van der Waals surface area contributed by atoms with Gasteiger partial charge in [0.1, 0.15) is 6.04 Å². The van der Waals surface area contributed by atoms with Crippen LogP contribution in [0.3, 0.4) is 0 Å². The Morgan fingerprint density at radius 1 is 1.19 bits per heavy atom. The van der Waals surface area contributed by atoms with Gasteiger partial charge in [-0.25, -0.2) is 0 Å². The number of likely N-dealkylation sites (N-methyl/N-ethyl adjacent to an activating group) is 1. The maximum absolute atomic E-state index is 13.6. The molecule has 0 radical (unpaired) electrons. The highest BCUT2D eigenvalue weighted by atomic mass is 19.4. The first-order chi connectivity index (χ1) is 17.0. The number of pyridine rings is 1. The van der Waals surface area contributed by atoms with Gasteiger partial charge in [0.25, 0.3) is 5.91 Å². The van der Waals surface area contributed by atoms with Gasteiger partial charge < -0.3 is 14.7 Å². The summed E-state index contributed by atoms with van der Waals surface area (Å²) in [5.41, 5.74) is -0.105. The van der Waals surface area contributed by atoms with Crippen LogP contribution < -0.4 is 4.90 Å². The Balaban J connectivity index is 1.60. The summed E-state index contributed by atoms with van der Waals surface area (Å²) in [6.07, 6.45) is 0.269. The highest BCUT2D eigenvalue weighted by Gasteiger charge is 2.49. The Hall–Kier alpha value is -3.61. The summed E-state index contributed by atoms with van der Waals surface area (Å²) in [5.74, 6) is -0.276. The highest BCUT2D eigenvalue weighted by molar-refractivity contribution is 5.95. The van der Waals surface area contributed by atoms with E-state index >= 15 is 0 Å². The molecule has 2 amide bonds. The molecule has 1 atom stereocenters. The van der Waals surface area contributed by atoms with Crippen LogP contribution >= 0.6 is 0 Å². The highest BCUT2D eigenvalue weighted by Crippen LogP contribution is 2.46. The molecule has 10 heteroatoms. The molecule has 3 heterocycles. The van der Waals surface area contributed by atoms with Gasteiger partial charge >= 0.3 is 6.18 Å². The van der Waals surface area contributed by atoms with E-state index in [1.807, 2.05) is 6.92 Å². The number of likely N-dealkylation sites (tertiary alicyclic amines) is 1. The van der Waals surface area contributed by atoms with Crippen molar-refractivity contribution in [1.82, 2.24) is 14.8 Å². The Labute approximate surface area is 208 Å². The predicted molar refractivity (Wildman–Crippen MR) is 127 cm³/mol. The molecule has 0 saturated carbocycles. The molecule has 4 rings (SSSR count). The molecular formula is C26H28F3N5O2. The summed E-state index contributed by atoms with van der Waals surface area (Å²) in [6.45, 7) is 3.24. The molecule has 0 aliphatic carbocycles.